The number of amides is 2. The van der Waals surface area contributed by atoms with Crippen molar-refractivity contribution >= 4 is 23.6 Å². The Kier molecular flexibility index (Phi) is 8.34. The van der Waals surface area contributed by atoms with E-state index < -0.39 is 29.7 Å². The van der Waals surface area contributed by atoms with E-state index in [1.807, 2.05) is 30.3 Å². The van der Waals surface area contributed by atoms with Gasteiger partial charge in [-0.25, -0.2) is 9.78 Å². The van der Waals surface area contributed by atoms with Crippen LogP contribution in [0.2, 0.25) is 0 Å². The minimum Gasteiger partial charge on any atom is -0.449 e. The van der Waals surface area contributed by atoms with Crippen molar-refractivity contribution in [3.63, 3.8) is 0 Å². The monoisotopic (exact) mass is 455 g/mol. The molecule has 176 valence electrons. The highest BCUT2D eigenvalue weighted by Gasteiger charge is 2.32. The van der Waals surface area contributed by atoms with Gasteiger partial charge in [-0.2, -0.15) is 0 Å². The number of carbonyl (C=O) groups excluding carboxylic acids is 4. The van der Waals surface area contributed by atoms with E-state index >= 15 is 0 Å². The number of alkyl carbamates (subject to hydrolysis) is 1. The molecule has 2 atom stereocenters. The van der Waals surface area contributed by atoms with Crippen LogP contribution in [0.4, 0.5) is 4.79 Å². The molecule has 2 N–H and O–H groups in total. The Morgan fingerprint density at radius 1 is 1.21 bits per heavy atom. The third-order valence-electron chi connectivity index (χ3n) is 5.51. The maximum Gasteiger partial charge on any atom is 0.408 e. The second-order valence-electron chi connectivity index (χ2n) is 8.44. The molecule has 1 aromatic carbocycles. The maximum atomic E-state index is 13.1. The summed E-state index contributed by atoms with van der Waals surface area (Å²) in [6.07, 6.45) is 1.70. The number of ketones is 2. The van der Waals surface area contributed by atoms with E-state index in [1.165, 1.54) is 6.26 Å². The van der Waals surface area contributed by atoms with Crippen molar-refractivity contribution in [3.8, 4) is 0 Å². The van der Waals surface area contributed by atoms with Gasteiger partial charge < -0.3 is 19.8 Å². The zero-order chi connectivity index (χ0) is 23.8. The Labute approximate surface area is 192 Å². The summed E-state index contributed by atoms with van der Waals surface area (Å²) in [5, 5.41) is 5.17. The molecule has 0 fully saturated rings. The molecule has 0 saturated carbocycles. The van der Waals surface area contributed by atoms with Crippen LogP contribution < -0.4 is 10.6 Å². The van der Waals surface area contributed by atoms with Gasteiger partial charge in [-0.05, 0) is 24.3 Å². The minimum atomic E-state index is -0.846. The van der Waals surface area contributed by atoms with Gasteiger partial charge in [0.2, 0.25) is 5.78 Å². The van der Waals surface area contributed by atoms with Crippen LogP contribution in [0.1, 0.15) is 43.8 Å². The number of oxazole rings is 1. The number of fused-ring (bicyclic) bond motifs is 2. The largest absolute Gasteiger partial charge is 0.449 e. The van der Waals surface area contributed by atoms with E-state index in [1.54, 1.807) is 13.8 Å². The van der Waals surface area contributed by atoms with Crippen molar-refractivity contribution in [2.75, 3.05) is 6.54 Å². The summed E-state index contributed by atoms with van der Waals surface area (Å²) < 4.78 is 10.6. The number of aryl methyl sites for hydroxylation is 1. The van der Waals surface area contributed by atoms with Gasteiger partial charge in [0.15, 0.2) is 11.7 Å². The van der Waals surface area contributed by atoms with Gasteiger partial charge in [0.05, 0.1) is 11.7 Å². The zero-order valence-corrected chi connectivity index (χ0v) is 18.8. The number of nitrogens with one attached hydrogen (secondary N) is 2. The molecule has 9 heteroatoms. The highest BCUT2D eigenvalue weighted by Crippen LogP contribution is 2.19. The molecule has 2 aromatic rings. The summed E-state index contributed by atoms with van der Waals surface area (Å²) in [6, 6.07) is 8.35. The number of Topliss-reactive ketones (excluding diaryl/α,β-unsaturated/α-hetero) is 2. The first-order valence-electron chi connectivity index (χ1n) is 11.1. The van der Waals surface area contributed by atoms with E-state index in [2.05, 4.69) is 15.6 Å². The lowest BCUT2D eigenvalue weighted by molar-refractivity contribution is -0.141. The number of rotatable bonds is 7. The Balaban J connectivity index is 1.63. The second-order valence-corrected chi connectivity index (χ2v) is 8.44. The Hall–Kier alpha value is -3.49. The van der Waals surface area contributed by atoms with Crippen LogP contribution in [0.25, 0.3) is 0 Å². The van der Waals surface area contributed by atoms with Crippen LogP contribution in [0, 0.1) is 11.8 Å². The number of nitrogens with zero attached hydrogens (tertiary/aromatic N) is 1. The number of aromatic nitrogens is 1. The van der Waals surface area contributed by atoms with Gasteiger partial charge in [0, 0.05) is 25.3 Å². The summed E-state index contributed by atoms with van der Waals surface area (Å²) in [5.74, 6) is -2.25. The first-order chi connectivity index (χ1) is 15.8. The molecule has 1 aromatic heterocycles. The highest BCUT2D eigenvalue weighted by molar-refractivity contribution is 6.37. The third kappa shape index (κ3) is 7.00. The van der Waals surface area contributed by atoms with E-state index in [4.69, 9.17) is 9.15 Å². The zero-order valence-electron chi connectivity index (χ0n) is 18.8. The molecule has 2 heterocycles. The van der Waals surface area contributed by atoms with Gasteiger partial charge in [-0.1, -0.05) is 44.2 Å². The molecular weight excluding hydrogens is 426 g/mol. The fraction of sp³-hybridized carbons (Fsp3) is 0.458. The minimum absolute atomic E-state index is 0.0760. The molecule has 9 nitrogen and oxygen atoms in total. The molecule has 33 heavy (non-hydrogen) atoms. The topological polar surface area (TPSA) is 128 Å². The molecule has 2 unspecified atom stereocenters. The van der Waals surface area contributed by atoms with Crippen LogP contribution in [-0.4, -0.2) is 41.1 Å². The molecule has 2 bridgehead atoms. The van der Waals surface area contributed by atoms with Gasteiger partial charge >= 0.3 is 6.09 Å². The molecule has 1 aliphatic rings. The van der Waals surface area contributed by atoms with Crippen LogP contribution in [0.15, 0.2) is 41.0 Å². The summed E-state index contributed by atoms with van der Waals surface area (Å²) in [5.41, 5.74) is 1.50. The van der Waals surface area contributed by atoms with E-state index in [9.17, 15) is 19.2 Å². The molecule has 0 saturated heterocycles. The Bertz CT molecular complexity index is 985. The van der Waals surface area contributed by atoms with E-state index in [-0.39, 0.29) is 37.7 Å². The molecule has 3 rings (SSSR count). The van der Waals surface area contributed by atoms with Crippen molar-refractivity contribution < 1.29 is 28.3 Å². The van der Waals surface area contributed by atoms with Crippen LogP contribution in [0.5, 0.6) is 0 Å². The third-order valence-corrected chi connectivity index (χ3v) is 5.51. The maximum absolute atomic E-state index is 13.1. The summed E-state index contributed by atoms with van der Waals surface area (Å²) in [4.78, 5) is 54.7. The summed E-state index contributed by atoms with van der Waals surface area (Å²) in [7, 11) is 0. The SMILES string of the molecule is CC(C)C(NC(=O)OCc1ccccc1)C(=O)CC1CCc2coc(n2)CCNC(=O)C1=O. The van der Waals surface area contributed by atoms with Gasteiger partial charge in [-0.15, -0.1) is 0 Å². The average molecular weight is 456 g/mol. The van der Waals surface area contributed by atoms with Gasteiger partial charge in [-0.3, -0.25) is 14.4 Å². The highest BCUT2D eigenvalue weighted by atomic mass is 16.5. The first kappa shape index (κ1) is 24.2. The van der Waals surface area contributed by atoms with Crippen molar-refractivity contribution in [2.45, 2.75) is 52.2 Å². The quantitative estimate of drug-likeness (QED) is 0.614. The summed E-state index contributed by atoms with van der Waals surface area (Å²) >= 11 is 0. The van der Waals surface area contributed by atoms with E-state index in [0.717, 1.165) is 5.56 Å². The predicted octanol–water partition coefficient (Wildman–Crippen LogP) is 2.38. The number of ether oxygens (including phenoxy) is 1. The predicted molar refractivity (Wildman–Crippen MR) is 118 cm³/mol. The lowest BCUT2D eigenvalue weighted by Crippen LogP contribution is -2.46. The second kappa shape index (κ2) is 11.4. The van der Waals surface area contributed by atoms with Crippen LogP contribution >= 0.6 is 0 Å². The van der Waals surface area contributed by atoms with E-state index in [0.29, 0.717) is 24.4 Å². The van der Waals surface area contributed by atoms with Crippen molar-refractivity contribution in [1.82, 2.24) is 15.6 Å². The Morgan fingerprint density at radius 3 is 2.70 bits per heavy atom. The molecule has 0 radical (unpaired) electrons. The Morgan fingerprint density at radius 2 is 1.97 bits per heavy atom. The molecule has 1 aliphatic heterocycles. The average Bonchev–Trinajstić information content (AvgIpc) is 3.25. The number of benzene rings is 1. The standard InChI is InChI=1S/C24H29N3O6/c1-15(2)21(27-24(31)33-13-16-6-4-3-5-7-16)19(28)12-17-8-9-18-14-32-20(26-18)10-11-25-23(30)22(17)29/h3-7,14-15,17,21H,8-13H2,1-2H3,(H,25,30)(H,27,31). The van der Waals surface area contributed by atoms with Crippen molar-refractivity contribution in [2.24, 2.45) is 11.8 Å². The number of carbonyl (C=O) groups is 4. The number of hydrogen-bond donors (Lipinski definition) is 2. The molecule has 0 spiro atoms. The van der Waals surface area contributed by atoms with Gasteiger partial charge in [0.25, 0.3) is 5.91 Å². The fourth-order valence-corrected chi connectivity index (χ4v) is 3.66. The number of hydrogen-bond acceptors (Lipinski definition) is 7. The lowest BCUT2D eigenvalue weighted by Gasteiger charge is -2.23. The lowest BCUT2D eigenvalue weighted by atomic mass is 9.87. The smallest absolute Gasteiger partial charge is 0.408 e. The van der Waals surface area contributed by atoms with Crippen molar-refractivity contribution in [3.05, 3.63) is 53.7 Å². The molecular formula is C24H29N3O6. The fourth-order valence-electron chi connectivity index (χ4n) is 3.66. The normalized spacial score (nSPS) is 17.6. The first-order valence-corrected chi connectivity index (χ1v) is 11.1. The molecule has 2 amide bonds. The van der Waals surface area contributed by atoms with Crippen molar-refractivity contribution in [1.29, 1.82) is 0 Å². The summed E-state index contributed by atoms with van der Waals surface area (Å²) in [6.45, 7) is 3.88. The molecule has 0 aliphatic carbocycles. The van der Waals surface area contributed by atoms with Crippen LogP contribution in [0.3, 0.4) is 0 Å². The van der Waals surface area contributed by atoms with Crippen LogP contribution in [-0.2, 0) is 38.6 Å². The van der Waals surface area contributed by atoms with Gasteiger partial charge in [0.1, 0.15) is 12.9 Å².